The summed E-state index contributed by atoms with van der Waals surface area (Å²) < 4.78 is 0. The van der Waals surface area contributed by atoms with E-state index in [1.165, 1.54) is 0 Å². The van der Waals surface area contributed by atoms with Crippen LogP contribution in [0.1, 0.15) is 32.5 Å². The Morgan fingerprint density at radius 1 is 1.37 bits per heavy atom. The van der Waals surface area contributed by atoms with E-state index in [0.29, 0.717) is 11.7 Å². The van der Waals surface area contributed by atoms with Crippen LogP contribution in [0.15, 0.2) is 6.33 Å². The standard InChI is InChI=1S/C13H24ClN5/c1-13(2,3)19-6-4-18(5-7-19)10(8-15)11-12(14)17-9-16-11/h9-10H,4-8,15H2,1-3H3,(H,16,17). The van der Waals surface area contributed by atoms with E-state index in [9.17, 15) is 0 Å². The average molecular weight is 286 g/mol. The van der Waals surface area contributed by atoms with Crippen molar-refractivity contribution in [1.82, 2.24) is 19.8 Å². The number of piperazine rings is 1. The molecule has 1 atom stereocenters. The van der Waals surface area contributed by atoms with E-state index in [0.717, 1.165) is 31.9 Å². The maximum atomic E-state index is 6.10. The van der Waals surface area contributed by atoms with Crippen molar-refractivity contribution in [2.24, 2.45) is 5.73 Å². The Balaban J connectivity index is 2.02. The maximum absolute atomic E-state index is 6.10. The van der Waals surface area contributed by atoms with Gasteiger partial charge in [0.25, 0.3) is 0 Å². The lowest BCUT2D eigenvalue weighted by Gasteiger charge is -2.44. The van der Waals surface area contributed by atoms with Crippen molar-refractivity contribution in [1.29, 1.82) is 0 Å². The molecule has 1 aromatic rings. The van der Waals surface area contributed by atoms with Crippen LogP contribution >= 0.6 is 11.6 Å². The van der Waals surface area contributed by atoms with Crippen molar-refractivity contribution in [2.75, 3.05) is 32.7 Å². The lowest BCUT2D eigenvalue weighted by atomic mass is 10.0. The number of hydrogen-bond acceptors (Lipinski definition) is 4. The number of aromatic amines is 1. The highest BCUT2D eigenvalue weighted by molar-refractivity contribution is 6.30. The highest BCUT2D eigenvalue weighted by atomic mass is 35.5. The number of rotatable bonds is 3. The van der Waals surface area contributed by atoms with Crippen molar-refractivity contribution in [3.05, 3.63) is 17.2 Å². The first-order valence-electron chi connectivity index (χ1n) is 6.81. The smallest absolute Gasteiger partial charge is 0.151 e. The van der Waals surface area contributed by atoms with E-state index in [1.54, 1.807) is 6.33 Å². The molecule has 108 valence electrons. The number of H-pyrrole nitrogens is 1. The van der Waals surface area contributed by atoms with Crippen molar-refractivity contribution >= 4 is 11.6 Å². The fourth-order valence-electron chi connectivity index (χ4n) is 2.68. The summed E-state index contributed by atoms with van der Waals surface area (Å²) in [6.07, 6.45) is 1.63. The van der Waals surface area contributed by atoms with E-state index in [2.05, 4.69) is 40.5 Å². The number of nitrogens with zero attached hydrogens (tertiary/aromatic N) is 3. The molecule has 1 aromatic heterocycles. The molecule has 2 rings (SSSR count). The number of imidazole rings is 1. The number of nitrogens with two attached hydrogens (primary N) is 1. The molecule has 1 aliphatic rings. The molecule has 1 aliphatic heterocycles. The summed E-state index contributed by atoms with van der Waals surface area (Å²) in [6, 6.07) is 0.136. The van der Waals surface area contributed by atoms with E-state index in [4.69, 9.17) is 17.3 Å². The number of aromatic nitrogens is 2. The molecule has 0 bridgehead atoms. The summed E-state index contributed by atoms with van der Waals surface area (Å²) >= 11 is 6.10. The van der Waals surface area contributed by atoms with Gasteiger partial charge in [-0.3, -0.25) is 9.80 Å². The van der Waals surface area contributed by atoms with Gasteiger partial charge >= 0.3 is 0 Å². The van der Waals surface area contributed by atoms with Gasteiger partial charge in [-0.15, -0.1) is 0 Å². The lowest BCUT2D eigenvalue weighted by Crippen LogP contribution is -2.54. The molecule has 6 heteroatoms. The summed E-state index contributed by atoms with van der Waals surface area (Å²) in [7, 11) is 0. The predicted octanol–water partition coefficient (Wildman–Crippen LogP) is 1.48. The van der Waals surface area contributed by atoms with E-state index >= 15 is 0 Å². The van der Waals surface area contributed by atoms with E-state index < -0.39 is 0 Å². The fraction of sp³-hybridized carbons (Fsp3) is 0.769. The molecule has 0 radical (unpaired) electrons. The highest BCUT2D eigenvalue weighted by Gasteiger charge is 2.30. The summed E-state index contributed by atoms with van der Waals surface area (Å²) in [5.41, 5.74) is 7.09. The Morgan fingerprint density at radius 2 is 2.00 bits per heavy atom. The van der Waals surface area contributed by atoms with Gasteiger partial charge in [-0.25, -0.2) is 4.98 Å². The predicted molar refractivity (Wildman–Crippen MR) is 78.3 cm³/mol. The van der Waals surface area contributed by atoms with Gasteiger partial charge in [0.15, 0.2) is 5.15 Å². The molecule has 0 saturated carbocycles. The van der Waals surface area contributed by atoms with Gasteiger partial charge in [0.1, 0.15) is 0 Å². The quantitative estimate of drug-likeness (QED) is 0.883. The zero-order chi connectivity index (χ0) is 14.0. The number of nitrogens with one attached hydrogen (secondary N) is 1. The van der Waals surface area contributed by atoms with Crippen molar-refractivity contribution in [3.63, 3.8) is 0 Å². The summed E-state index contributed by atoms with van der Waals surface area (Å²) in [5, 5.41) is 0.536. The zero-order valence-electron chi connectivity index (χ0n) is 12.0. The topological polar surface area (TPSA) is 61.2 Å². The van der Waals surface area contributed by atoms with Crippen LogP contribution in [-0.2, 0) is 0 Å². The van der Waals surface area contributed by atoms with Gasteiger partial charge in [-0.2, -0.15) is 0 Å². The zero-order valence-corrected chi connectivity index (χ0v) is 12.7. The third kappa shape index (κ3) is 3.28. The third-order valence-electron chi connectivity index (χ3n) is 3.88. The lowest BCUT2D eigenvalue weighted by molar-refractivity contribution is 0.0426. The summed E-state index contributed by atoms with van der Waals surface area (Å²) in [5.74, 6) is 0. The molecule has 0 aromatic carbocycles. The monoisotopic (exact) mass is 285 g/mol. The van der Waals surface area contributed by atoms with Gasteiger partial charge in [0.2, 0.25) is 0 Å². The van der Waals surface area contributed by atoms with Crippen molar-refractivity contribution in [3.8, 4) is 0 Å². The first kappa shape index (κ1) is 14.8. The van der Waals surface area contributed by atoms with Crippen LogP contribution in [0.2, 0.25) is 5.15 Å². The van der Waals surface area contributed by atoms with Crippen LogP contribution in [0.4, 0.5) is 0 Å². The first-order chi connectivity index (χ1) is 8.93. The van der Waals surface area contributed by atoms with Gasteiger partial charge in [-0.1, -0.05) is 11.6 Å². The van der Waals surface area contributed by atoms with Gasteiger partial charge in [0, 0.05) is 38.3 Å². The Bertz CT molecular complexity index is 403. The van der Waals surface area contributed by atoms with Crippen LogP contribution in [-0.4, -0.2) is 58.0 Å². The Morgan fingerprint density at radius 3 is 2.42 bits per heavy atom. The molecule has 2 heterocycles. The van der Waals surface area contributed by atoms with Crippen molar-refractivity contribution < 1.29 is 0 Å². The molecular formula is C13H24ClN5. The maximum Gasteiger partial charge on any atom is 0.151 e. The summed E-state index contributed by atoms with van der Waals surface area (Å²) in [6.45, 7) is 11.5. The Kier molecular flexibility index (Phi) is 4.50. The van der Waals surface area contributed by atoms with Crippen LogP contribution in [0.3, 0.4) is 0 Å². The van der Waals surface area contributed by atoms with Gasteiger partial charge < -0.3 is 10.7 Å². The molecule has 0 aliphatic carbocycles. The molecule has 3 N–H and O–H groups in total. The first-order valence-corrected chi connectivity index (χ1v) is 7.19. The second kappa shape index (κ2) is 5.79. The Labute approximate surface area is 120 Å². The van der Waals surface area contributed by atoms with Crippen LogP contribution in [0.5, 0.6) is 0 Å². The molecule has 5 nitrogen and oxygen atoms in total. The average Bonchev–Trinajstić information content (AvgIpc) is 2.76. The van der Waals surface area contributed by atoms with Gasteiger partial charge in [0.05, 0.1) is 18.1 Å². The SMILES string of the molecule is CC(C)(C)N1CCN(C(CN)c2[nH]cnc2Cl)CC1. The molecule has 1 unspecified atom stereocenters. The largest absolute Gasteiger partial charge is 0.346 e. The minimum atomic E-state index is 0.136. The Hall–Kier alpha value is -0.620. The molecule has 1 saturated heterocycles. The molecule has 0 spiro atoms. The van der Waals surface area contributed by atoms with Crippen molar-refractivity contribution in [2.45, 2.75) is 32.4 Å². The number of halogens is 1. The highest BCUT2D eigenvalue weighted by Crippen LogP contribution is 2.26. The third-order valence-corrected chi connectivity index (χ3v) is 4.18. The fourth-order valence-corrected chi connectivity index (χ4v) is 2.90. The van der Waals surface area contributed by atoms with Crippen LogP contribution in [0.25, 0.3) is 0 Å². The number of hydrogen-bond donors (Lipinski definition) is 2. The van der Waals surface area contributed by atoms with Crippen LogP contribution < -0.4 is 5.73 Å². The minimum Gasteiger partial charge on any atom is -0.346 e. The van der Waals surface area contributed by atoms with E-state index in [1.807, 2.05) is 0 Å². The van der Waals surface area contributed by atoms with Crippen LogP contribution in [0, 0.1) is 0 Å². The molecular weight excluding hydrogens is 262 g/mol. The van der Waals surface area contributed by atoms with Gasteiger partial charge in [-0.05, 0) is 20.8 Å². The second-order valence-electron chi connectivity index (χ2n) is 6.05. The summed E-state index contributed by atoms with van der Waals surface area (Å²) in [4.78, 5) is 12.1. The molecule has 0 amide bonds. The van der Waals surface area contributed by atoms with E-state index in [-0.39, 0.29) is 11.6 Å². The second-order valence-corrected chi connectivity index (χ2v) is 6.41. The molecule has 19 heavy (non-hydrogen) atoms. The molecule has 1 fully saturated rings. The minimum absolute atomic E-state index is 0.136. The normalized spacial score (nSPS) is 20.7.